The Kier molecular flexibility index (Phi) is 7.59. The lowest BCUT2D eigenvalue weighted by molar-refractivity contribution is -0.133. The number of carbonyl (C=O) groups excluding carboxylic acids is 2. The molecule has 1 aromatic rings. The molecule has 1 aliphatic heterocycles. The summed E-state index contributed by atoms with van der Waals surface area (Å²) in [6.45, 7) is 12.9. The molecular weight excluding hydrogens is 334 g/mol. The summed E-state index contributed by atoms with van der Waals surface area (Å²) in [5.41, 5.74) is 0. The molecule has 26 heavy (non-hydrogen) atoms. The zero-order chi connectivity index (χ0) is 19.1. The van der Waals surface area contributed by atoms with Crippen molar-refractivity contribution in [3.05, 3.63) is 11.8 Å². The van der Waals surface area contributed by atoms with Crippen LogP contribution in [0.2, 0.25) is 0 Å². The number of rotatable bonds is 8. The highest BCUT2D eigenvalue weighted by molar-refractivity contribution is 5.94. The third-order valence-electron chi connectivity index (χ3n) is 4.89. The van der Waals surface area contributed by atoms with Crippen LogP contribution in [0.1, 0.15) is 33.0 Å². The summed E-state index contributed by atoms with van der Waals surface area (Å²) in [7, 11) is 0. The quantitative estimate of drug-likeness (QED) is 0.745. The number of hydrogen-bond acceptors (Lipinski definition) is 6. The number of carbonyl (C=O) groups is 2. The molecule has 1 fully saturated rings. The van der Waals surface area contributed by atoms with Crippen LogP contribution in [0.4, 0.5) is 5.82 Å². The monoisotopic (exact) mass is 365 g/mol. The van der Waals surface area contributed by atoms with Crippen molar-refractivity contribution >= 4 is 17.6 Å². The molecule has 1 unspecified atom stereocenters. The van der Waals surface area contributed by atoms with E-state index in [1.54, 1.807) is 13.0 Å². The third-order valence-corrected chi connectivity index (χ3v) is 4.89. The van der Waals surface area contributed by atoms with Crippen LogP contribution in [-0.4, -0.2) is 83.5 Å². The molecule has 1 atom stereocenters. The number of aromatic nitrogens is 1. The van der Waals surface area contributed by atoms with E-state index in [2.05, 4.69) is 20.3 Å². The molecule has 1 N–H and O–H groups in total. The molecular formula is C18H31N5O3. The average Bonchev–Trinajstić information content (AvgIpc) is 3.03. The van der Waals surface area contributed by atoms with Gasteiger partial charge < -0.3 is 14.7 Å². The van der Waals surface area contributed by atoms with Gasteiger partial charge in [-0.3, -0.25) is 19.4 Å². The Morgan fingerprint density at radius 1 is 1.23 bits per heavy atom. The zero-order valence-corrected chi connectivity index (χ0v) is 16.3. The van der Waals surface area contributed by atoms with Gasteiger partial charge in [-0.1, -0.05) is 12.1 Å². The minimum atomic E-state index is -0.201. The van der Waals surface area contributed by atoms with Gasteiger partial charge in [-0.2, -0.15) is 0 Å². The third kappa shape index (κ3) is 5.28. The Labute approximate surface area is 155 Å². The molecule has 8 heteroatoms. The molecule has 146 valence electrons. The van der Waals surface area contributed by atoms with Gasteiger partial charge in [-0.15, -0.1) is 0 Å². The van der Waals surface area contributed by atoms with E-state index in [1.807, 2.05) is 25.7 Å². The predicted octanol–water partition coefficient (Wildman–Crippen LogP) is 1.19. The predicted molar refractivity (Wildman–Crippen MR) is 99.9 cm³/mol. The van der Waals surface area contributed by atoms with Crippen LogP contribution in [-0.2, 0) is 9.59 Å². The fourth-order valence-corrected chi connectivity index (χ4v) is 3.34. The molecule has 0 saturated carbocycles. The van der Waals surface area contributed by atoms with Crippen molar-refractivity contribution in [1.82, 2.24) is 19.9 Å². The first-order valence-electron chi connectivity index (χ1n) is 9.46. The minimum Gasteiger partial charge on any atom is -0.360 e. The number of nitrogens with zero attached hydrogens (tertiary/aromatic N) is 4. The summed E-state index contributed by atoms with van der Waals surface area (Å²) >= 11 is 0. The lowest BCUT2D eigenvalue weighted by Crippen LogP contribution is -2.55. The van der Waals surface area contributed by atoms with Crippen LogP contribution in [0.3, 0.4) is 0 Å². The van der Waals surface area contributed by atoms with E-state index in [4.69, 9.17) is 4.52 Å². The first kappa shape index (κ1) is 20.4. The smallest absolute Gasteiger partial charge is 0.242 e. The maximum atomic E-state index is 12.6. The maximum Gasteiger partial charge on any atom is 0.242 e. The Morgan fingerprint density at radius 3 is 2.38 bits per heavy atom. The largest absolute Gasteiger partial charge is 0.360 e. The fraction of sp³-hybridized carbons (Fsp3) is 0.722. The second-order valence-electron chi connectivity index (χ2n) is 6.61. The highest BCUT2D eigenvalue weighted by Crippen LogP contribution is 2.13. The molecule has 0 spiro atoms. The van der Waals surface area contributed by atoms with Crippen molar-refractivity contribution in [1.29, 1.82) is 0 Å². The van der Waals surface area contributed by atoms with E-state index < -0.39 is 0 Å². The number of hydrogen-bond donors (Lipinski definition) is 1. The molecule has 0 bridgehead atoms. The number of piperazine rings is 1. The van der Waals surface area contributed by atoms with Gasteiger partial charge in [-0.25, -0.2) is 0 Å². The van der Waals surface area contributed by atoms with E-state index in [-0.39, 0.29) is 17.9 Å². The Bertz CT molecular complexity index is 591. The van der Waals surface area contributed by atoms with Gasteiger partial charge in [0.2, 0.25) is 11.8 Å². The van der Waals surface area contributed by atoms with Crippen LogP contribution >= 0.6 is 0 Å². The van der Waals surface area contributed by atoms with Crippen molar-refractivity contribution in [2.45, 2.75) is 40.2 Å². The minimum absolute atomic E-state index is 0.0616. The van der Waals surface area contributed by atoms with Crippen LogP contribution in [0.25, 0.3) is 0 Å². The molecule has 8 nitrogen and oxygen atoms in total. The fourth-order valence-electron chi connectivity index (χ4n) is 3.34. The van der Waals surface area contributed by atoms with Gasteiger partial charge >= 0.3 is 0 Å². The molecule has 2 heterocycles. The Morgan fingerprint density at radius 2 is 1.88 bits per heavy atom. The van der Waals surface area contributed by atoms with Crippen LogP contribution in [0.5, 0.6) is 0 Å². The highest BCUT2D eigenvalue weighted by atomic mass is 16.5. The van der Waals surface area contributed by atoms with Gasteiger partial charge in [-0.05, 0) is 27.2 Å². The molecule has 0 radical (unpaired) electrons. The van der Waals surface area contributed by atoms with Crippen molar-refractivity contribution in [3.8, 4) is 0 Å². The van der Waals surface area contributed by atoms with Crippen molar-refractivity contribution in [3.63, 3.8) is 0 Å². The second kappa shape index (κ2) is 9.68. The van der Waals surface area contributed by atoms with Gasteiger partial charge in [0.1, 0.15) is 5.76 Å². The summed E-state index contributed by atoms with van der Waals surface area (Å²) in [4.78, 5) is 31.0. The normalized spacial score (nSPS) is 17.1. The zero-order valence-electron chi connectivity index (χ0n) is 16.3. The highest BCUT2D eigenvalue weighted by Gasteiger charge is 2.29. The molecule has 0 aliphatic carbocycles. The molecule has 0 aromatic carbocycles. The Balaban J connectivity index is 1.84. The molecule has 2 amide bonds. The van der Waals surface area contributed by atoms with Crippen LogP contribution in [0, 0.1) is 6.92 Å². The summed E-state index contributed by atoms with van der Waals surface area (Å²) in [6, 6.07) is 1.51. The van der Waals surface area contributed by atoms with E-state index in [1.165, 1.54) is 0 Å². The average molecular weight is 365 g/mol. The van der Waals surface area contributed by atoms with Crippen molar-refractivity contribution in [2.75, 3.05) is 51.1 Å². The number of likely N-dealkylation sites (N-methyl/N-ethyl adjacent to an activating group) is 1. The lowest BCUT2D eigenvalue weighted by Gasteiger charge is -2.38. The van der Waals surface area contributed by atoms with Gasteiger partial charge in [0, 0.05) is 45.3 Å². The molecule has 1 aromatic heterocycles. The van der Waals surface area contributed by atoms with E-state index in [9.17, 15) is 9.59 Å². The molecule has 2 rings (SSSR count). The number of anilines is 1. The van der Waals surface area contributed by atoms with E-state index in [0.717, 1.165) is 45.7 Å². The molecule has 1 saturated heterocycles. The number of amides is 2. The summed E-state index contributed by atoms with van der Waals surface area (Å²) < 4.78 is 4.99. The lowest BCUT2D eigenvalue weighted by atomic mass is 10.1. The van der Waals surface area contributed by atoms with Crippen LogP contribution < -0.4 is 5.32 Å². The maximum absolute atomic E-state index is 12.6. The van der Waals surface area contributed by atoms with Crippen molar-refractivity contribution < 1.29 is 14.1 Å². The number of nitrogens with one attached hydrogen (secondary N) is 1. The Hall–Kier alpha value is -1.93. The van der Waals surface area contributed by atoms with Gasteiger partial charge in [0.05, 0.1) is 12.6 Å². The number of aryl methyl sites for hydroxylation is 1. The SMILES string of the molecule is CCC(C(=O)Nc1cc(C)on1)N1CCN(CC(=O)N(CC)CC)CC1. The van der Waals surface area contributed by atoms with Crippen LogP contribution in [0.15, 0.2) is 10.6 Å². The topological polar surface area (TPSA) is 81.9 Å². The first-order valence-corrected chi connectivity index (χ1v) is 9.46. The summed E-state index contributed by atoms with van der Waals surface area (Å²) in [5.74, 6) is 1.23. The summed E-state index contributed by atoms with van der Waals surface area (Å²) in [6.07, 6.45) is 0.723. The van der Waals surface area contributed by atoms with Crippen molar-refractivity contribution in [2.24, 2.45) is 0 Å². The standard InChI is InChI=1S/C18H31N5O3/c1-5-15(18(25)19-16-12-14(4)26-20-16)23-10-8-21(9-11-23)13-17(24)22(6-2)7-3/h12,15H,5-11,13H2,1-4H3,(H,19,20,25). The first-order chi connectivity index (χ1) is 12.5. The van der Waals surface area contributed by atoms with E-state index in [0.29, 0.717) is 18.1 Å². The van der Waals surface area contributed by atoms with E-state index >= 15 is 0 Å². The summed E-state index contributed by atoms with van der Waals surface area (Å²) in [5, 5.41) is 6.64. The second-order valence-corrected chi connectivity index (χ2v) is 6.61. The van der Waals surface area contributed by atoms with Gasteiger partial charge in [0.25, 0.3) is 0 Å². The van der Waals surface area contributed by atoms with Gasteiger partial charge in [0.15, 0.2) is 5.82 Å². The molecule has 1 aliphatic rings.